The van der Waals surface area contributed by atoms with E-state index in [0.717, 1.165) is 10.5 Å². The average Bonchev–Trinajstić information content (AvgIpc) is 2.52. The molecule has 102 valence electrons. The largest absolute Gasteiger partial charge is 0.347 e. The van der Waals surface area contributed by atoms with Gasteiger partial charge >= 0.3 is 0 Å². The lowest BCUT2D eigenvalue weighted by Crippen LogP contribution is -2.23. The average molecular weight is 304 g/mol. The number of benzene rings is 2. The Balaban J connectivity index is 1.93. The molecule has 0 aliphatic heterocycles. The number of thioether (sulfide) groups is 1. The Bertz CT molecular complexity index is 584. The third-order valence-corrected chi connectivity index (χ3v) is 3.97. The van der Waals surface area contributed by atoms with Gasteiger partial charge in [0, 0.05) is 17.0 Å². The molecule has 1 amide bonds. The normalized spacial score (nSPS) is 11.2. The van der Waals surface area contributed by atoms with Crippen LogP contribution in [0.15, 0.2) is 76.0 Å². The Hall–Kier alpha value is -1.71. The molecule has 4 heteroatoms. The zero-order valence-electron chi connectivity index (χ0n) is 10.8. The third-order valence-electron chi connectivity index (χ3n) is 2.59. The van der Waals surface area contributed by atoms with Gasteiger partial charge in [0.25, 0.3) is 5.91 Å². The molecule has 0 saturated heterocycles. The van der Waals surface area contributed by atoms with Crippen LogP contribution in [0.2, 0.25) is 0 Å². The van der Waals surface area contributed by atoms with Gasteiger partial charge in [0.05, 0.1) is 4.91 Å². The summed E-state index contributed by atoms with van der Waals surface area (Å²) in [5, 5.41) is 2.86. The SMILES string of the molecule is O=C(NCc1ccccc1)/C(=C/Cl)Sc1ccccc1. The zero-order chi connectivity index (χ0) is 14.2. The van der Waals surface area contributed by atoms with Crippen LogP contribution in [-0.4, -0.2) is 5.91 Å². The van der Waals surface area contributed by atoms with E-state index in [4.69, 9.17) is 11.6 Å². The second-order valence-corrected chi connectivity index (χ2v) is 5.39. The lowest BCUT2D eigenvalue weighted by Gasteiger charge is -2.08. The van der Waals surface area contributed by atoms with E-state index in [1.54, 1.807) is 0 Å². The van der Waals surface area contributed by atoms with Crippen molar-refractivity contribution in [1.29, 1.82) is 0 Å². The Kier molecular flexibility index (Phi) is 5.71. The van der Waals surface area contributed by atoms with Crippen LogP contribution in [0, 0.1) is 0 Å². The lowest BCUT2D eigenvalue weighted by molar-refractivity contribution is -0.116. The third kappa shape index (κ3) is 4.44. The molecule has 0 heterocycles. The van der Waals surface area contributed by atoms with Crippen molar-refractivity contribution in [2.45, 2.75) is 11.4 Å². The number of hydrogen-bond donors (Lipinski definition) is 1. The summed E-state index contributed by atoms with van der Waals surface area (Å²) in [6.07, 6.45) is 0. The number of hydrogen-bond acceptors (Lipinski definition) is 2. The molecule has 1 N–H and O–H groups in total. The minimum Gasteiger partial charge on any atom is -0.347 e. The van der Waals surface area contributed by atoms with Crippen LogP contribution in [0.4, 0.5) is 0 Å². The quantitative estimate of drug-likeness (QED) is 0.663. The highest BCUT2D eigenvalue weighted by Crippen LogP contribution is 2.26. The summed E-state index contributed by atoms with van der Waals surface area (Å²) >= 11 is 7.10. The summed E-state index contributed by atoms with van der Waals surface area (Å²) in [6.45, 7) is 0.489. The maximum atomic E-state index is 12.1. The van der Waals surface area contributed by atoms with Gasteiger partial charge in [0.1, 0.15) is 0 Å². The van der Waals surface area contributed by atoms with Crippen molar-refractivity contribution in [1.82, 2.24) is 5.32 Å². The highest BCUT2D eigenvalue weighted by Gasteiger charge is 2.10. The second-order valence-electron chi connectivity index (χ2n) is 4.06. The number of halogens is 1. The molecular weight excluding hydrogens is 290 g/mol. The van der Waals surface area contributed by atoms with E-state index >= 15 is 0 Å². The van der Waals surface area contributed by atoms with Crippen LogP contribution in [0.25, 0.3) is 0 Å². The standard InChI is InChI=1S/C16H14ClNOS/c17-11-15(20-14-9-5-2-6-10-14)16(19)18-12-13-7-3-1-4-8-13/h1-11H,12H2,(H,18,19)/b15-11-. The van der Waals surface area contributed by atoms with Gasteiger partial charge in [-0.2, -0.15) is 0 Å². The summed E-state index contributed by atoms with van der Waals surface area (Å²) in [6, 6.07) is 19.4. The summed E-state index contributed by atoms with van der Waals surface area (Å²) in [4.78, 5) is 13.5. The summed E-state index contributed by atoms with van der Waals surface area (Å²) < 4.78 is 0. The van der Waals surface area contributed by atoms with E-state index in [1.807, 2.05) is 60.7 Å². The van der Waals surface area contributed by atoms with Crippen molar-refractivity contribution in [3.63, 3.8) is 0 Å². The molecule has 0 unspecified atom stereocenters. The van der Waals surface area contributed by atoms with Gasteiger partial charge in [-0.3, -0.25) is 4.79 Å². The van der Waals surface area contributed by atoms with E-state index in [0.29, 0.717) is 11.4 Å². The molecule has 2 aromatic rings. The molecule has 0 aliphatic carbocycles. The summed E-state index contributed by atoms with van der Waals surface area (Å²) in [5.41, 5.74) is 2.37. The van der Waals surface area contributed by atoms with Crippen LogP contribution in [0.1, 0.15) is 5.56 Å². The Labute approximate surface area is 127 Å². The van der Waals surface area contributed by atoms with Gasteiger partial charge in [0.15, 0.2) is 0 Å². The van der Waals surface area contributed by atoms with Crippen LogP contribution >= 0.6 is 23.4 Å². The Morgan fingerprint density at radius 1 is 1.05 bits per heavy atom. The Morgan fingerprint density at radius 2 is 1.65 bits per heavy atom. The second kappa shape index (κ2) is 7.78. The van der Waals surface area contributed by atoms with Gasteiger partial charge in [-0.05, 0) is 17.7 Å². The minimum atomic E-state index is -0.169. The van der Waals surface area contributed by atoms with Gasteiger partial charge in [-0.25, -0.2) is 0 Å². The smallest absolute Gasteiger partial charge is 0.259 e. The zero-order valence-corrected chi connectivity index (χ0v) is 12.3. The molecule has 0 spiro atoms. The molecular formula is C16H14ClNOS. The van der Waals surface area contributed by atoms with Crippen molar-refractivity contribution < 1.29 is 4.79 Å². The van der Waals surface area contributed by atoms with Gasteiger partial charge in [-0.15, -0.1) is 0 Å². The first-order valence-corrected chi connectivity index (χ1v) is 7.40. The predicted molar refractivity (Wildman–Crippen MR) is 84.5 cm³/mol. The van der Waals surface area contributed by atoms with Crippen molar-refractivity contribution in [2.75, 3.05) is 0 Å². The van der Waals surface area contributed by atoms with Gasteiger partial charge in [0.2, 0.25) is 0 Å². The van der Waals surface area contributed by atoms with E-state index in [9.17, 15) is 4.79 Å². The van der Waals surface area contributed by atoms with Crippen LogP contribution in [0.5, 0.6) is 0 Å². The first kappa shape index (κ1) is 14.7. The molecule has 2 rings (SSSR count). The summed E-state index contributed by atoms with van der Waals surface area (Å²) in [5.74, 6) is -0.169. The first-order chi connectivity index (χ1) is 9.79. The fourth-order valence-electron chi connectivity index (χ4n) is 1.60. The fourth-order valence-corrected chi connectivity index (χ4v) is 2.59. The first-order valence-electron chi connectivity index (χ1n) is 6.15. The number of nitrogens with one attached hydrogen (secondary N) is 1. The predicted octanol–water partition coefficient (Wildman–Crippen LogP) is 4.18. The van der Waals surface area contributed by atoms with Crippen molar-refractivity contribution in [3.8, 4) is 0 Å². The van der Waals surface area contributed by atoms with Crippen molar-refractivity contribution in [2.24, 2.45) is 0 Å². The van der Waals surface area contributed by atoms with Gasteiger partial charge in [-0.1, -0.05) is 71.9 Å². The molecule has 0 saturated carbocycles. The topological polar surface area (TPSA) is 29.1 Å². The van der Waals surface area contributed by atoms with E-state index in [-0.39, 0.29) is 5.91 Å². The van der Waals surface area contributed by atoms with E-state index < -0.39 is 0 Å². The number of carbonyl (C=O) groups is 1. The number of carbonyl (C=O) groups excluding carboxylic acids is 1. The molecule has 2 aromatic carbocycles. The fraction of sp³-hybridized carbons (Fsp3) is 0.0625. The molecule has 20 heavy (non-hydrogen) atoms. The van der Waals surface area contributed by atoms with E-state index in [2.05, 4.69) is 5.32 Å². The molecule has 2 nitrogen and oxygen atoms in total. The van der Waals surface area contributed by atoms with E-state index in [1.165, 1.54) is 17.3 Å². The molecule has 0 aliphatic rings. The lowest BCUT2D eigenvalue weighted by atomic mass is 10.2. The molecule has 0 aromatic heterocycles. The molecule has 0 radical (unpaired) electrons. The summed E-state index contributed by atoms with van der Waals surface area (Å²) in [7, 11) is 0. The van der Waals surface area contributed by atoms with Crippen LogP contribution < -0.4 is 5.32 Å². The number of rotatable bonds is 5. The number of amides is 1. The molecule has 0 atom stereocenters. The highest BCUT2D eigenvalue weighted by atomic mass is 35.5. The molecule has 0 fully saturated rings. The monoisotopic (exact) mass is 303 g/mol. The van der Waals surface area contributed by atoms with Crippen LogP contribution in [0.3, 0.4) is 0 Å². The van der Waals surface area contributed by atoms with Crippen molar-refractivity contribution >= 4 is 29.3 Å². The van der Waals surface area contributed by atoms with Crippen LogP contribution in [-0.2, 0) is 11.3 Å². The minimum absolute atomic E-state index is 0.169. The maximum Gasteiger partial charge on any atom is 0.259 e. The highest BCUT2D eigenvalue weighted by molar-refractivity contribution is 8.04. The molecule has 0 bridgehead atoms. The Morgan fingerprint density at radius 3 is 2.25 bits per heavy atom. The maximum absolute atomic E-state index is 12.1. The van der Waals surface area contributed by atoms with Gasteiger partial charge < -0.3 is 5.32 Å². The van der Waals surface area contributed by atoms with Crippen molar-refractivity contribution in [3.05, 3.63) is 76.7 Å².